The highest BCUT2D eigenvalue weighted by atomic mass is 16.2. The summed E-state index contributed by atoms with van der Waals surface area (Å²) in [4.78, 5) is 24.7. The summed E-state index contributed by atoms with van der Waals surface area (Å²) >= 11 is 0. The van der Waals surface area contributed by atoms with E-state index in [4.69, 9.17) is 5.73 Å². The largest absolute Gasteiger partial charge is 0.369 e. The van der Waals surface area contributed by atoms with Crippen molar-refractivity contribution in [2.75, 3.05) is 0 Å². The van der Waals surface area contributed by atoms with Gasteiger partial charge in [-0.05, 0) is 51.4 Å². The molecule has 0 heterocycles. The van der Waals surface area contributed by atoms with E-state index < -0.39 is 0 Å². The summed E-state index contributed by atoms with van der Waals surface area (Å²) in [6.07, 6.45) is 4.93. The van der Waals surface area contributed by atoms with Crippen LogP contribution in [0.15, 0.2) is 0 Å². The number of nitrogens with one attached hydrogen (secondary N) is 1. The van der Waals surface area contributed by atoms with Crippen LogP contribution in [0.3, 0.4) is 0 Å². The molecule has 1 aliphatic carbocycles. The van der Waals surface area contributed by atoms with Crippen molar-refractivity contribution >= 4 is 11.8 Å². The molecule has 0 bridgehead atoms. The third-order valence-electron chi connectivity index (χ3n) is 4.10. The SMILES string of the molecule is CC(C)(C)C[C@@H](C(=O)NC(C)(C)C)[C@H](CCC1CC1)C(N)=O. The van der Waals surface area contributed by atoms with Crippen LogP contribution in [0.1, 0.15) is 73.6 Å². The minimum Gasteiger partial charge on any atom is -0.369 e. The maximum atomic E-state index is 12.7. The van der Waals surface area contributed by atoms with Gasteiger partial charge in [-0.25, -0.2) is 0 Å². The van der Waals surface area contributed by atoms with Crippen molar-refractivity contribution in [3.63, 3.8) is 0 Å². The second kappa shape index (κ2) is 7.01. The van der Waals surface area contributed by atoms with E-state index in [2.05, 4.69) is 26.1 Å². The number of nitrogens with two attached hydrogens (primary N) is 1. The Morgan fingerprint density at radius 1 is 1.09 bits per heavy atom. The van der Waals surface area contributed by atoms with Gasteiger partial charge in [-0.3, -0.25) is 9.59 Å². The second-order valence-corrected chi connectivity index (χ2v) is 9.14. The van der Waals surface area contributed by atoms with Crippen LogP contribution in [0.2, 0.25) is 0 Å². The molecular formula is C18H34N2O2. The molecule has 3 N–H and O–H groups in total. The van der Waals surface area contributed by atoms with Crippen molar-refractivity contribution in [1.82, 2.24) is 5.32 Å². The van der Waals surface area contributed by atoms with Crippen LogP contribution < -0.4 is 11.1 Å². The molecule has 0 radical (unpaired) electrons. The Labute approximate surface area is 135 Å². The van der Waals surface area contributed by atoms with Gasteiger partial charge in [-0.1, -0.05) is 33.6 Å². The monoisotopic (exact) mass is 310 g/mol. The molecule has 4 heteroatoms. The Kier molecular flexibility index (Phi) is 6.05. The summed E-state index contributed by atoms with van der Waals surface area (Å²) in [5.41, 5.74) is 5.33. The average molecular weight is 310 g/mol. The van der Waals surface area contributed by atoms with Crippen molar-refractivity contribution in [3.8, 4) is 0 Å². The summed E-state index contributed by atoms with van der Waals surface area (Å²) in [6.45, 7) is 12.2. The van der Waals surface area contributed by atoms with Crippen LogP contribution in [0.25, 0.3) is 0 Å². The Hall–Kier alpha value is -1.06. The van der Waals surface area contributed by atoms with E-state index in [0.717, 1.165) is 18.8 Å². The number of carbonyl (C=O) groups excluding carboxylic acids is 2. The highest BCUT2D eigenvalue weighted by Crippen LogP contribution is 2.38. The maximum Gasteiger partial charge on any atom is 0.224 e. The first-order chi connectivity index (χ1) is 9.89. The van der Waals surface area contributed by atoms with Gasteiger partial charge < -0.3 is 11.1 Å². The Morgan fingerprint density at radius 3 is 2.00 bits per heavy atom. The molecule has 22 heavy (non-hydrogen) atoms. The van der Waals surface area contributed by atoms with Gasteiger partial charge in [-0.2, -0.15) is 0 Å². The van der Waals surface area contributed by atoms with Crippen LogP contribution in [-0.4, -0.2) is 17.4 Å². The predicted octanol–water partition coefficient (Wildman–Crippen LogP) is 3.25. The summed E-state index contributed by atoms with van der Waals surface area (Å²) in [7, 11) is 0. The zero-order chi connectivity index (χ0) is 17.1. The Morgan fingerprint density at radius 2 is 1.64 bits per heavy atom. The van der Waals surface area contributed by atoms with E-state index in [9.17, 15) is 9.59 Å². The average Bonchev–Trinajstić information content (AvgIpc) is 3.07. The summed E-state index contributed by atoms with van der Waals surface area (Å²) in [6, 6.07) is 0. The van der Waals surface area contributed by atoms with Crippen LogP contribution in [0.4, 0.5) is 0 Å². The van der Waals surface area contributed by atoms with Crippen molar-refractivity contribution < 1.29 is 9.59 Å². The van der Waals surface area contributed by atoms with E-state index in [1.165, 1.54) is 12.8 Å². The fourth-order valence-corrected chi connectivity index (χ4v) is 2.90. The van der Waals surface area contributed by atoms with Crippen LogP contribution >= 0.6 is 0 Å². The third kappa shape index (κ3) is 7.28. The lowest BCUT2D eigenvalue weighted by Crippen LogP contribution is -2.48. The molecule has 1 rings (SSSR count). The van der Waals surface area contributed by atoms with E-state index in [0.29, 0.717) is 6.42 Å². The molecule has 2 atom stereocenters. The van der Waals surface area contributed by atoms with Gasteiger partial charge in [0.25, 0.3) is 0 Å². The van der Waals surface area contributed by atoms with E-state index in [-0.39, 0.29) is 34.6 Å². The Bertz CT molecular complexity index is 400. The normalized spacial score (nSPS) is 18.6. The lowest BCUT2D eigenvalue weighted by molar-refractivity contribution is -0.135. The molecule has 0 aromatic heterocycles. The number of hydrogen-bond acceptors (Lipinski definition) is 2. The molecule has 0 spiro atoms. The van der Waals surface area contributed by atoms with Gasteiger partial charge >= 0.3 is 0 Å². The minimum absolute atomic E-state index is 0.0207. The Balaban J connectivity index is 2.87. The van der Waals surface area contributed by atoms with Gasteiger partial charge in [0.1, 0.15) is 0 Å². The number of amides is 2. The van der Waals surface area contributed by atoms with Gasteiger partial charge in [0.2, 0.25) is 11.8 Å². The van der Waals surface area contributed by atoms with Gasteiger partial charge in [0, 0.05) is 17.4 Å². The molecule has 128 valence electrons. The molecule has 2 amide bonds. The zero-order valence-electron chi connectivity index (χ0n) is 15.2. The van der Waals surface area contributed by atoms with Crippen LogP contribution in [0, 0.1) is 23.2 Å². The topological polar surface area (TPSA) is 72.2 Å². The van der Waals surface area contributed by atoms with Gasteiger partial charge in [-0.15, -0.1) is 0 Å². The van der Waals surface area contributed by atoms with E-state index >= 15 is 0 Å². The second-order valence-electron chi connectivity index (χ2n) is 9.14. The lowest BCUT2D eigenvalue weighted by atomic mass is 9.75. The molecule has 0 unspecified atom stereocenters. The fourth-order valence-electron chi connectivity index (χ4n) is 2.90. The number of primary amides is 1. The maximum absolute atomic E-state index is 12.7. The fraction of sp³-hybridized carbons (Fsp3) is 0.889. The molecule has 4 nitrogen and oxygen atoms in total. The van der Waals surface area contributed by atoms with Crippen molar-refractivity contribution in [2.45, 2.75) is 79.2 Å². The van der Waals surface area contributed by atoms with Crippen molar-refractivity contribution in [2.24, 2.45) is 28.9 Å². The zero-order valence-corrected chi connectivity index (χ0v) is 15.2. The van der Waals surface area contributed by atoms with Gasteiger partial charge in [0.05, 0.1) is 0 Å². The van der Waals surface area contributed by atoms with Crippen molar-refractivity contribution in [1.29, 1.82) is 0 Å². The lowest BCUT2D eigenvalue weighted by Gasteiger charge is -2.32. The molecule has 1 saturated carbocycles. The highest BCUT2D eigenvalue weighted by Gasteiger charge is 2.37. The first kappa shape index (κ1) is 19.0. The van der Waals surface area contributed by atoms with Crippen molar-refractivity contribution in [3.05, 3.63) is 0 Å². The number of hydrogen-bond donors (Lipinski definition) is 2. The van der Waals surface area contributed by atoms with Gasteiger partial charge in [0.15, 0.2) is 0 Å². The summed E-state index contributed by atoms with van der Waals surface area (Å²) < 4.78 is 0. The molecule has 0 aromatic carbocycles. The third-order valence-corrected chi connectivity index (χ3v) is 4.10. The predicted molar refractivity (Wildman–Crippen MR) is 90.1 cm³/mol. The smallest absolute Gasteiger partial charge is 0.224 e. The standard InChI is InChI=1S/C18H34N2O2/c1-17(2,3)11-14(16(22)20-18(4,5)6)13(15(19)21)10-9-12-7-8-12/h12-14H,7-11H2,1-6H3,(H2,19,21)(H,20,22)/t13-,14+/m0/s1. The molecule has 0 aliphatic heterocycles. The molecule has 0 aromatic rings. The van der Waals surface area contributed by atoms with Crippen LogP contribution in [-0.2, 0) is 9.59 Å². The number of carbonyl (C=O) groups is 2. The molecule has 1 aliphatic rings. The molecule has 0 saturated heterocycles. The first-order valence-corrected chi connectivity index (χ1v) is 8.50. The van der Waals surface area contributed by atoms with E-state index in [1.54, 1.807) is 0 Å². The molecular weight excluding hydrogens is 276 g/mol. The van der Waals surface area contributed by atoms with E-state index in [1.807, 2.05) is 20.8 Å². The quantitative estimate of drug-likeness (QED) is 0.757. The first-order valence-electron chi connectivity index (χ1n) is 8.50. The highest BCUT2D eigenvalue weighted by molar-refractivity contribution is 5.87. The summed E-state index contributed by atoms with van der Waals surface area (Å²) in [5.74, 6) is -0.332. The van der Waals surface area contributed by atoms with Crippen LogP contribution in [0.5, 0.6) is 0 Å². The summed E-state index contributed by atoms with van der Waals surface area (Å²) in [5, 5.41) is 3.03. The minimum atomic E-state index is -0.359. The molecule has 1 fully saturated rings. The number of rotatable bonds is 7.